The third kappa shape index (κ3) is 5.50. The number of hydrazine groups is 1. The summed E-state index contributed by atoms with van der Waals surface area (Å²) in [6, 6.07) is 0. The molecule has 1 aliphatic heterocycles. The lowest BCUT2D eigenvalue weighted by Crippen LogP contribution is -2.49. The molecule has 4 heteroatoms. The van der Waals surface area contributed by atoms with Crippen molar-refractivity contribution in [3.05, 3.63) is 0 Å². The van der Waals surface area contributed by atoms with E-state index in [0.29, 0.717) is 6.54 Å². The number of nitrogens with one attached hydrogen (secondary N) is 1. The zero-order valence-corrected chi connectivity index (χ0v) is 11.5. The first-order chi connectivity index (χ1) is 7.92. The quantitative estimate of drug-likeness (QED) is 0.784. The second-order valence-electron chi connectivity index (χ2n) is 6.22. The summed E-state index contributed by atoms with van der Waals surface area (Å²) in [6.45, 7) is 8.80. The fourth-order valence-electron chi connectivity index (χ4n) is 2.28. The standard InChI is InChI=1S/C13H27N3O/c1-13(2,3)9-11(10-14)12(17)15-16-7-5-4-6-8-16/h11H,4-10,14H2,1-3H3,(H,15,17). The predicted octanol–water partition coefficient (Wildman–Crippen LogP) is 1.51. The average Bonchev–Trinajstić information content (AvgIpc) is 2.26. The van der Waals surface area contributed by atoms with E-state index >= 15 is 0 Å². The van der Waals surface area contributed by atoms with Crippen LogP contribution < -0.4 is 11.2 Å². The van der Waals surface area contributed by atoms with Crippen molar-refractivity contribution in [1.82, 2.24) is 10.4 Å². The maximum absolute atomic E-state index is 12.1. The number of carbonyl (C=O) groups excluding carboxylic acids is 1. The number of nitrogens with zero attached hydrogens (tertiary/aromatic N) is 1. The van der Waals surface area contributed by atoms with Crippen molar-refractivity contribution in [3.63, 3.8) is 0 Å². The Hall–Kier alpha value is -0.610. The SMILES string of the molecule is CC(C)(C)CC(CN)C(=O)NN1CCCCC1. The summed E-state index contributed by atoms with van der Waals surface area (Å²) in [5.74, 6) is 0.0150. The highest BCUT2D eigenvalue weighted by Gasteiger charge is 2.25. The molecule has 0 saturated carbocycles. The molecular formula is C13H27N3O. The van der Waals surface area contributed by atoms with E-state index in [-0.39, 0.29) is 17.2 Å². The van der Waals surface area contributed by atoms with Gasteiger partial charge in [0, 0.05) is 19.6 Å². The minimum absolute atomic E-state index is 0.0723. The normalized spacial score (nSPS) is 20.0. The highest BCUT2D eigenvalue weighted by molar-refractivity contribution is 5.78. The first-order valence-electron chi connectivity index (χ1n) is 6.68. The van der Waals surface area contributed by atoms with Gasteiger partial charge in [-0.2, -0.15) is 0 Å². The van der Waals surface area contributed by atoms with Crippen LogP contribution in [0.5, 0.6) is 0 Å². The molecule has 4 nitrogen and oxygen atoms in total. The van der Waals surface area contributed by atoms with Crippen LogP contribution in [0.1, 0.15) is 46.5 Å². The molecule has 1 atom stereocenters. The Labute approximate surface area is 105 Å². The van der Waals surface area contributed by atoms with Crippen LogP contribution in [0.2, 0.25) is 0 Å². The lowest BCUT2D eigenvalue weighted by molar-refractivity contribution is -0.131. The number of nitrogens with two attached hydrogens (primary N) is 1. The maximum Gasteiger partial charge on any atom is 0.238 e. The molecule has 0 spiro atoms. The van der Waals surface area contributed by atoms with Crippen molar-refractivity contribution in [2.24, 2.45) is 17.1 Å². The van der Waals surface area contributed by atoms with Gasteiger partial charge < -0.3 is 5.73 Å². The average molecular weight is 241 g/mol. The van der Waals surface area contributed by atoms with E-state index in [0.717, 1.165) is 19.5 Å². The third-order valence-electron chi connectivity index (χ3n) is 3.14. The molecule has 1 saturated heterocycles. The summed E-state index contributed by atoms with van der Waals surface area (Å²) in [6.07, 6.45) is 4.46. The van der Waals surface area contributed by atoms with E-state index in [1.165, 1.54) is 19.3 Å². The highest BCUT2D eigenvalue weighted by atomic mass is 16.2. The molecule has 0 aromatic carbocycles. The molecule has 1 rings (SSSR count). The topological polar surface area (TPSA) is 58.4 Å². The van der Waals surface area contributed by atoms with Crippen molar-refractivity contribution >= 4 is 5.91 Å². The van der Waals surface area contributed by atoms with Crippen LogP contribution in [0, 0.1) is 11.3 Å². The van der Waals surface area contributed by atoms with E-state index in [1.807, 2.05) is 5.01 Å². The fourth-order valence-corrected chi connectivity index (χ4v) is 2.28. The minimum Gasteiger partial charge on any atom is -0.330 e. The van der Waals surface area contributed by atoms with E-state index in [1.54, 1.807) is 0 Å². The van der Waals surface area contributed by atoms with Crippen LogP contribution >= 0.6 is 0 Å². The van der Waals surface area contributed by atoms with Gasteiger partial charge in [-0.25, -0.2) is 5.01 Å². The smallest absolute Gasteiger partial charge is 0.238 e. The van der Waals surface area contributed by atoms with Crippen LogP contribution in [-0.4, -0.2) is 30.6 Å². The fraction of sp³-hybridized carbons (Fsp3) is 0.923. The number of hydrogen-bond acceptors (Lipinski definition) is 3. The number of carbonyl (C=O) groups is 1. The molecule has 100 valence electrons. The van der Waals surface area contributed by atoms with Crippen LogP contribution in [-0.2, 0) is 4.79 Å². The first kappa shape index (κ1) is 14.5. The van der Waals surface area contributed by atoms with Crippen molar-refractivity contribution in [3.8, 4) is 0 Å². The van der Waals surface area contributed by atoms with Crippen molar-refractivity contribution < 1.29 is 4.79 Å². The van der Waals surface area contributed by atoms with E-state index < -0.39 is 0 Å². The van der Waals surface area contributed by atoms with Crippen molar-refractivity contribution in [1.29, 1.82) is 0 Å². The Kier molecular flexibility index (Phi) is 5.40. The molecular weight excluding hydrogens is 214 g/mol. The van der Waals surface area contributed by atoms with Crippen LogP contribution in [0.3, 0.4) is 0 Å². The molecule has 0 radical (unpaired) electrons. The Morgan fingerprint density at radius 2 is 1.88 bits per heavy atom. The number of amides is 1. The monoisotopic (exact) mass is 241 g/mol. The van der Waals surface area contributed by atoms with Gasteiger partial charge in [-0.3, -0.25) is 10.2 Å². The van der Waals surface area contributed by atoms with Gasteiger partial charge in [0.1, 0.15) is 0 Å². The summed E-state index contributed by atoms with van der Waals surface area (Å²) >= 11 is 0. The lowest BCUT2D eigenvalue weighted by atomic mass is 9.84. The van der Waals surface area contributed by atoms with Crippen LogP contribution in [0.25, 0.3) is 0 Å². The number of rotatable bonds is 4. The maximum atomic E-state index is 12.1. The third-order valence-corrected chi connectivity index (χ3v) is 3.14. The Morgan fingerprint density at radius 3 is 2.35 bits per heavy atom. The van der Waals surface area contributed by atoms with Crippen LogP contribution in [0.4, 0.5) is 0 Å². The second-order valence-corrected chi connectivity index (χ2v) is 6.22. The summed E-state index contributed by atoms with van der Waals surface area (Å²) in [5.41, 5.74) is 8.86. The van der Waals surface area contributed by atoms with Gasteiger partial charge in [0.2, 0.25) is 5.91 Å². The Balaban J connectivity index is 2.42. The zero-order chi connectivity index (χ0) is 12.9. The summed E-state index contributed by atoms with van der Waals surface area (Å²) < 4.78 is 0. The molecule has 0 bridgehead atoms. The van der Waals surface area contributed by atoms with E-state index in [4.69, 9.17) is 5.73 Å². The molecule has 1 amide bonds. The van der Waals surface area contributed by atoms with Crippen LogP contribution in [0.15, 0.2) is 0 Å². The van der Waals surface area contributed by atoms with Crippen molar-refractivity contribution in [2.75, 3.05) is 19.6 Å². The van der Waals surface area contributed by atoms with Gasteiger partial charge in [0.05, 0.1) is 5.92 Å². The summed E-state index contributed by atoms with van der Waals surface area (Å²) in [5, 5.41) is 2.04. The van der Waals surface area contributed by atoms with Gasteiger partial charge in [-0.05, 0) is 24.7 Å². The molecule has 1 fully saturated rings. The molecule has 1 aliphatic rings. The molecule has 0 aliphatic carbocycles. The van der Waals surface area contributed by atoms with E-state index in [2.05, 4.69) is 26.2 Å². The summed E-state index contributed by atoms with van der Waals surface area (Å²) in [7, 11) is 0. The molecule has 3 N–H and O–H groups in total. The number of piperidine rings is 1. The van der Waals surface area contributed by atoms with Crippen molar-refractivity contribution in [2.45, 2.75) is 46.5 Å². The highest BCUT2D eigenvalue weighted by Crippen LogP contribution is 2.24. The Morgan fingerprint density at radius 1 is 1.29 bits per heavy atom. The van der Waals surface area contributed by atoms with Gasteiger partial charge >= 0.3 is 0 Å². The van der Waals surface area contributed by atoms with Gasteiger partial charge in [-0.1, -0.05) is 27.2 Å². The molecule has 17 heavy (non-hydrogen) atoms. The molecule has 0 aromatic rings. The van der Waals surface area contributed by atoms with Gasteiger partial charge in [0.15, 0.2) is 0 Å². The molecule has 1 heterocycles. The molecule has 1 unspecified atom stereocenters. The van der Waals surface area contributed by atoms with Gasteiger partial charge in [-0.15, -0.1) is 0 Å². The summed E-state index contributed by atoms with van der Waals surface area (Å²) in [4.78, 5) is 12.1. The lowest BCUT2D eigenvalue weighted by Gasteiger charge is -2.30. The second kappa shape index (κ2) is 6.36. The minimum atomic E-state index is -0.0723. The number of hydrogen-bond donors (Lipinski definition) is 2. The van der Waals surface area contributed by atoms with E-state index in [9.17, 15) is 4.79 Å². The van der Waals surface area contributed by atoms with Gasteiger partial charge in [0.25, 0.3) is 0 Å². The zero-order valence-electron chi connectivity index (χ0n) is 11.5. The first-order valence-corrected chi connectivity index (χ1v) is 6.68. The Bertz CT molecular complexity index is 242. The predicted molar refractivity (Wildman–Crippen MR) is 70.2 cm³/mol. The molecule has 0 aromatic heterocycles. The largest absolute Gasteiger partial charge is 0.330 e.